The first-order valence-corrected chi connectivity index (χ1v) is 11.9. The van der Waals surface area contributed by atoms with Crippen molar-refractivity contribution in [1.82, 2.24) is 24.7 Å². The number of hydrogen-bond acceptors (Lipinski definition) is 8. The van der Waals surface area contributed by atoms with Crippen molar-refractivity contribution in [2.75, 3.05) is 25.7 Å². The Bertz CT molecular complexity index is 1650. The van der Waals surface area contributed by atoms with Crippen molar-refractivity contribution < 1.29 is 9.47 Å². The molecule has 0 saturated heterocycles. The van der Waals surface area contributed by atoms with Crippen LogP contribution in [0, 0.1) is 11.3 Å². The summed E-state index contributed by atoms with van der Waals surface area (Å²) in [7, 11) is 5.13. The summed E-state index contributed by atoms with van der Waals surface area (Å²) < 4.78 is 12.8. The van der Waals surface area contributed by atoms with Gasteiger partial charge >= 0.3 is 0 Å². The van der Waals surface area contributed by atoms with Crippen molar-refractivity contribution in [2.24, 2.45) is 7.05 Å². The number of rotatable bonds is 8. The third-order valence-electron chi connectivity index (χ3n) is 5.97. The van der Waals surface area contributed by atoms with Crippen LogP contribution >= 0.6 is 0 Å². The zero-order valence-electron chi connectivity index (χ0n) is 21.2. The maximum atomic E-state index is 9.20. The van der Waals surface area contributed by atoms with Gasteiger partial charge in [0.25, 0.3) is 0 Å². The van der Waals surface area contributed by atoms with E-state index in [9.17, 15) is 5.26 Å². The fraction of sp³-hybridized carbons (Fsp3) is 0.138. The van der Waals surface area contributed by atoms with Crippen LogP contribution < -0.4 is 14.4 Å². The minimum Gasteiger partial charge on any atom is -0.497 e. The lowest BCUT2D eigenvalue weighted by atomic mass is 10.1. The Morgan fingerprint density at radius 2 is 1.76 bits per heavy atom. The summed E-state index contributed by atoms with van der Waals surface area (Å²) in [5, 5.41) is 13.4. The van der Waals surface area contributed by atoms with Gasteiger partial charge in [0, 0.05) is 61.1 Å². The molecule has 0 unspecified atom stereocenters. The van der Waals surface area contributed by atoms with Gasteiger partial charge in [0.05, 0.1) is 60.7 Å². The fourth-order valence-corrected chi connectivity index (χ4v) is 4.06. The SMILES string of the molecule is COc1cc(OC)cc(N(C/C=C/c2cc(C#N)ccn2)c2ccc3ncc(-c4cnn(C)c4)nc3c2)c1. The lowest BCUT2D eigenvalue weighted by Crippen LogP contribution is -2.17. The molecule has 188 valence electrons. The number of hydrogen-bond donors (Lipinski definition) is 0. The molecule has 3 heterocycles. The van der Waals surface area contributed by atoms with Gasteiger partial charge in [0.2, 0.25) is 0 Å². The molecule has 0 radical (unpaired) electrons. The smallest absolute Gasteiger partial charge is 0.124 e. The summed E-state index contributed by atoms with van der Waals surface area (Å²) >= 11 is 0. The highest BCUT2D eigenvalue weighted by Crippen LogP contribution is 2.34. The van der Waals surface area contributed by atoms with Crippen LogP contribution in [0.25, 0.3) is 28.4 Å². The summed E-state index contributed by atoms with van der Waals surface area (Å²) in [6.07, 6.45) is 11.0. The second kappa shape index (κ2) is 10.8. The minimum atomic E-state index is 0.510. The molecule has 0 saturated carbocycles. The average Bonchev–Trinajstić information content (AvgIpc) is 3.40. The van der Waals surface area contributed by atoms with Gasteiger partial charge in [-0.05, 0) is 36.4 Å². The first-order valence-electron chi connectivity index (χ1n) is 11.9. The molecule has 3 aromatic heterocycles. The number of fused-ring (bicyclic) bond motifs is 1. The second-order valence-corrected chi connectivity index (χ2v) is 8.50. The highest BCUT2D eigenvalue weighted by Gasteiger charge is 2.14. The van der Waals surface area contributed by atoms with E-state index in [0.717, 1.165) is 33.7 Å². The first kappa shape index (κ1) is 24.5. The number of nitriles is 1. The van der Waals surface area contributed by atoms with E-state index in [1.165, 1.54) is 0 Å². The van der Waals surface area contributed by atoms with Crippen molar-refractivity contribution in [1.29, 1.82) is 5.26 Å². The lowest BCUT2D eigenvalue weighted by Gasteiger charge is -2.25. The molecule has 5 rings (SSSR count). The van der Waals surface area contributed by atoms with Gasteiger partial charge in [0.1, 0.15) is 11.5 Å². The third kappa shape index (κ3) is 5.29. The van der Waals surface area contributed by atoms with E-state index in [2.05, 4.69) is 26.0 Å². The molecular weight excluding hydrogens is 478 g/mol. The van der Waals surface area contributed by atoms with Crippen LogP contribution in [0.1, 0.15) is 11.3 Å². The number of anilines is 2. The summed E-state index contributed by atoms with van der Waals surface area (Å²) in [6, 6.07) is 17.3. The molecule has 0 amide bonds. The van der Waals surface area contributed by atoms with E-state index >= 15 is 0 Å². The number of nitrogens with zero attached hydrogens (tertiary/aromatic N) is 7. The molecule has 5 aromatic rings. The van der Waals surface area contributed by atoms with Crippen molar-refractivity contribution in [3.8, 4) is 28.8 Å². The van der Waals surface area contributed by atoms with Gasteiger partial charge < -0.3 is 14.4 Å². The van der Waals surface area contributed by atoms with Crippen molar-refractivity contribution >= 4 is 28.5 Å². The van der Waals surface area contributed by atoms with E-state index in [4.69, 9.17) is 14.5 Å². The van der Waals surface area contributed by atoms with Crippen molar-refractivity contribution in [3.63, 3.8) is 0 Å². The van der Waals surface area contributed by atoms with Crippen LogP contribution in [0.3, 0.4) is 0 Å². The molecule has 38 heavy (non-hydrogen) atoms. The number of aromatic nitrogens is 5. The van der Waals surface area contributed by atoms with Crippen LogP contribution in [-0.4, -0.2) is 45.5 Å². The maximum absolute atomic E-state index is 9.20. The molecule has 2 aromatic carbocycles. The van der Waals surface area contributed by atoms with Crippen LogP contribution in [0.5, 0.6) is 11.5 Å². The summed E-state index contributed by atoms with van der Waals surface area (Å²) in [6.45, 7) is 0.510. The normalized spacial score (nSPS) is 11.0. The Morgan fingerprint density at radius 3 is 2.47 bits per heavy atom. The number of ether oxygens (including phenoxy) is 2. The molecule has 0 aliphatic carbocycles. The predicted molar refractivity (Wildman–Crippen MR) is 146 cm³/mol. The van der Waals surface area contributed by atoms with E-state index < -0.39 is 0 Å². The molecule has 0 aliphatic rings. The Morgan fingerprint density at radius 1 is 0.947 bits per heavy atom. The third-order valence-corrected chi connectivity index (χ3v) is 5.97. The Balaban J connectivity index is 1.56. The van der Waals surface area contributed by atoms with Gasteiger partial charge in [-0.25, -0.2) is 4.98 Å². The predicted octanol–water partition coefficient (Wildman–Crippen LogP) is 5.17. The molecule has 0 aliphatic heterocycles. The lowest BCUT2D eigenvalue weighted by molar-refractivity contribution is 0.394. The first-order chi connectivity index (χ1) is 18.6. The zero-order valence-corrected chi connectivity index (χ0v) is 21.2. The van der Waals surface area contributed by atoms with Gasteiger partial charge in [-0.2, -0.15) is 10.4 Å². The standard InChI is InChI=1S/C29H25N7O2/c1-35-19-21(17-33-35)29-18-32-27-7-6-23(14-28(27)34-29)36(24-12-25(37-2)15-26(13-24)38-3)10-4-5-22-11-20(16-30)8-9-31-22/h4-9,11-15,17-19H,10H2,1-3H3/b5-4+. The van der Waals surface area contributed by atoms with E-state index in [-0.39, 0.29) is 0 Å². The number of benzene rings is 2. The fourth-order valence-electron chi connectivity index (χ4n) is 4.06. The highest BCUT2D eigenvalue weighted by atomic mass is 16.5. The largest absolute Gasteiger partial charge is 0.497 e. The minimum absolute atomic E-state index is 0.510. The highest BCUT2D eigenvalue weighted by molar-refractivity contribution is 5.83. The van der Waals surface area contributed by atoms with Gasteiger partial charge in [-0.3, -0.25) is 14.6 Å². The maximum Gasteiger partial charge on any atom is 0.124 e. The molecule has 0 fully saturated rings. The molecule has 0 spiro atoms. The molecular formula is C29H25N7O2. The second-order valence-electron chi connectivity index (χ2n) is 8.50. The summed E-state index contributed by atoms with van der Waals surface area (Å²) in [5.41, 5.74) is 6.25. The average molecular weight is 504 g/mol. The van der Waals surface area contributed by atoms with Crippen LogP contribution in [0.2, 0.25) is 0 Å². The van der Waals surface area contributed by atoms with E-state index in [0.29, 0.717) is 29.3 Å². The number of aryl methyl sites for hydroxylation is 1. The van der Waals surface area contributed by atoms with Crippen LogP contribution in [-0.2, 0) is 7.05 Å². The molecule has 9 heteroatoms. The summed E-state index contributed by atoms with van der Waals surface area (Å²) in [4.78, 5) is 15.9. The monoisotopic (exact) mass is 503 g/mol. The van der Waals surface area contributed by atoms with Gasteiger partial charge in [-0.1, -0.05) is 6.08 Å². The zero-order chi connectivity index (χ0) is 26.5. The molecule has 0 N–H and O–H groups in total. The number of methoxy groups -OCH3 is 2. The van der Waals surface area contributed by atoms with Crippen molar-refractivity contribution in [3.05, 3.63) is 90.7 Å². The summed E-state index contributed by atoms with van der Waals surface area (Å²) in [5.74, 6) is 1.35. The van der Waals surface area contributed by atoms with Gasteiger partial charge in [-0.15, -0.1) is 0 Å². The van der Waals surface area contributed by atoms with Crippen LogP contribution in [0.15, 0.2) is 79.4 Å². The topological polar surface area (TPSA) is 102 Å². The molecule has 9 nitrogen and oxygen atoms in total. The Hall–Kier alpha value is -5.23. The molecule has 0 bridgehead atoms. The van der Waals surface area contributed by atoms with Crippen LogP contribution in [0.4, 0.5) is 11.4 Å². The van der Waals surface area contributed by atoms with E-state index in [1.807, 2.05) is 61.8 Å². The van der Waals surface area contributed by atoms with Crippen molar-refractivity contribution in [2.45, 2.75) is 0 Å². The Labute approximate surface area is 220 Å². The Kier molecular flexibility index (Phi) is 6.95. The quantitative estimate of drug-likeness (QED) is 0.286. The van der Waals surface area contributed by atoms with Gasteiger partial charge in [0.15, 0.2) is 0 Å². The number of pyridine rings is 1. The van der Waals surface area contributed by atoms with E-state index in [1.54, 1.807) is 49.6 Å². The molecule has 0 atom stereocenters.